The first-order chi connectivity index (χ1) is 9.79. The number of carbonyl (C=O) groups excluding carboxylic acids is 1. The Hall–Kier alpha value is -1.77. The molecule has 2 aromatic rings. The zero-order valence-electron chi connectivity index (χ0n) is 10.4. The Balaban J connectivity index is 2.45. The summed E-state index contributed by atoms with van der Waals surface area (Å²) in [6.45, 7) is 0. The molecule has 0 saturated heterocycles. The monoisotopic (exact) mass is 407 g/mol. The van der Waals surface area contributed by atoms with E-state index in [2.05, 4.69) is 0 Å². The maximum atomic E-state index is 12.7. The molecule has 3 nitrogen and oxygen atoms in total. The van der Waals surface area contributed by atoms with Gasteiger partial charge in [-0.3, -0.25) is 4.79 Å². The van der Waals surface area contributed by atoms with Crippen molar-refractivity contribution in [3.05, 3.63) is 57.2 Å². The number of amides is 1. The van der Waals surface area contributed by atoms with Crippen molar-refractivity contribution in [2.24, 2.45) is 5.73 Å². The number of rotatable bonds is 3. The van der Waals surface area contributed by atoms with Crippen LogP contribution in [0.15, 0.2) is 42.5 Å². The Kier molecular flexibility index (Phi) is 4.40. The predicted molar refractivity (Wildman–Crippen MR) is 79.2 cm³/mol. The van der Waals surface area contributed by atoms with Crippen LogP contribution >= 0.6 is 22.6 Å². The third-order valence-corrected chi connectivity index (χ3v) is 3.52. The summed E-state index contributed by atoms with van der Waals surface area (Å²) in [5, 5.41) is 0. The van der Waals surface area contributed by atoms with Crippen LogP contribution in [0.2, 0.25) is 0 Å². The molecule has 0 unspecified atom stereocenters. The van der Waals surface area contributed by atoms with E-state index in [1.54, 1.807) is 24.3 Å². The second-order valence-electron chi connectivity index (χ2n) is 4.11. The van der Waals surface area contributed by atoms with Crippen LogP contribution in [0, 0.1) is 3.57 Å². The van der Waals surface area contributed by atoms with Crippen LogP contribution in [-0.2, 0) is 6.18 Å². The summed E-state index contributed by atoms with van der Waals surface area (Å²) in [7, 11) is 0. The van der Waals surface area contributed by atoms with E-state index in [1.807, 2.05) is 22.6 Å². The normalized spacial score (nSPS) is 11.2. The summed E-state index contributed by atoms with van der Waals surface area (Å²) in [5.41, 5.74) is 3.86. The lowest BCUT2D eigenvalue weighted by Gasteiger charge is -2.13. The van der Waals surface area contributed by atoms with Crippen molar-refractivity contribution in [1.82, 2.24) is 0 Å². The largest absolute Gasteiger partial charge is 0.455 e. The van der Waals surface area contributed by atoms with Crippen LogP contribution in [0.3, 0.4) is 0 Å². The number of nitrogens with two attached hydrogens (primary N) is 1. The molecule has 0 aliphatic rings. The molecule has 0 aliphatic heterocycles. The smallest absolute Gasteiger partial charge is 0.416 e. The second-order valence-corrected chi connectivity index (χ2v) is 5.27. The van der Waals surface area contributed by atoms with E-state index in [1.165, 1.54) is 0 Å². The van der Waals surface area contributed by atoms with Crippen molar-refractivity contribution in [3.8, 4) is 11.5 Å². The van der Waals surface area contributed by atoms with Crippen molar-refractivity contribution in [1.29, 1.82) is 0 Å². The van der Waals surface area contributed by atoms with Gasteiger partial charge in [0.15, 0.2) is 0 Å². The van der Waals surface area contributed by atoms with Gasteiger partial charge in [0.25, 0.3) is 5.91 Å². The summed E-state index contributed by atoms with van der Waals surface area (Å²) in [6, 6.07) is 9.53. The van der Waals surface area contributed by atoms with Gasteiger partial charge in [0.05, 0.1) is 14.7 Å². The molecule has 0 aromatic heterocycles. The number of carbonyl (C=O) groups is 1. The van der Waals surface area contributed by atoms with E-state index in [-0.39, 0.29) is 11.3 Å². The second kappa shape index (κ2) is 5.92. The number of para-hydroxylation sites is 1. The van der Waals surface area contributed by atoms with Crippen LogP contribution in [0.1, 0.15) is 15.9 Å². The van der Waals surface area contributed by atoms with Gasteiger partial charge in [0.2, 0.25) is 0 Å². The molecule has 0 heterocycles. The van der Waals surface area contributed by atoms with Gasteiger partial charge in [-0.25, -0.2) is 0 Å². The summed E-state index contributed by atoms with van der Waals surface area (Å²) in [5.74, 6) is -0.568. The van der Waals surface area contributed by atoms with E-state index in [4.69, 9.17) is 10.5 Å². The first-order valence-electron chi connectivity index (χ1n) is 5.72. The highest BCUT2D eigenvalue weighted by Crippen LogP contribution is 2.34. The zero-order chi connectivity index (χ0) is 15.6. The molecule has 0 spiro atoms. The van der Waals surface area contributed by atoms with Crippen molar-refractivity contribution in [2.45, 2.75) is 6.18 Å². The lowest BCUT2D eigenvalue weighted by atomic mass is 10.1. The molecular weight excluding hydrogens is 398 g/mol. The van der Waals surface area contributed by atoms with Gasteiger partial charge < -0.3 is 10.5 Å². The number of halogens is 4. The molecule has 0 saturated carbocycles. The molecule has 0 bridgehead atoms. The fourth-order valence-corrected chi connectivity index (χ4v) is 2.13. The number of benzene rings is 2. The van der Waals surface area contributed by atoms with Gasteiger partial charge in [0.1, 0.15) is 11.5 Å². The average Bonchev–Trinajstić information content (AvgIpc) is 2.40. The minimum atomic E-state index is -4.55. The lowest BCUT2D eigenvalue weighted by molar-refractivity contribution is -0.137. The molecule has 0 atom stereocenters. The SMILES string of the molecule is NC(=O)c1cc(C(F)(F)F)ccc1Oc1ccccc1I. The van der Waals surface area contributed by atoms with Crippen LogP contribution in [0.25, 0.3) is 0 Å². The fraction of sp³-hybridized carbons (Fsp3) is 0.0714. The molecule has 110 valence electrons. The van der Waals surface area contributed by atoms with Crippen LogP contribution in [0.5, 0.6) is 11.5 Å². The molecule has 0 fully saturated rings. The van der Waals surface area contributed by atoms with Gasteiger partial charge in [-0.15, -0.1) is 0 Å². The standard InChI is InChI=1S/C14H9F3INO2/c15-14(16,17)8-5-6-11(9(7-8)13(19)20)21-12-4-2-1-3-10(12)18/h1-7H,(H2,19,20). The highest BCUT2D eigenvalue weighted by atomic mass is 127. The third kappa shape index (κ3) is 3.66. The first kappa shape index (κ1) is 15.6. The maximum Gasteiger partial charge on any atom is 0.416 e. The molecular formula is C14H9F3INO2. The third-order valence-electron chi connectivity index (χ3n) is 2.63. The van der Waals surface area contributed by atoms with Crippen molar-refractivity contribution < 1.29 is 22.7 Å². The Labute approximate surface area is 132 Å². The van der Waals surface area contributed by atoms with Gasteiger partial charge in [-0.1, -0.05) is 12.1 Å². The van der Waals surface area contributed by atoms with Gasteiger partial charge >= 0.3 is 6.18 Å². The number of hydrogen-bond donors (Lipinski definition) is 1. The summed E-state index contributed by atoms with van der Waals surface area (Å²) in [6.07, 6.45) is -4.55. The Morgan fingerprint density at radius 1 is 1.10 bits per heavy atom. The minimum Gasteiger partial charge on any atom is -0.455 e. The van der Waals surface area contributed by atoms with Crippen molar-refractivity contribution >= 4 is 28.5 Å². The fourth-order valence-electron chi connectivity index (χ4n) is 1.63. The topological polar surface area (TPSA) is 52.3 Å². The minimum absolute atomic E-state index is 0.0142. The maximum absolute atomic E-state index is 12.7. The number of ether oxygens (including phenoxy) is 1. The number of alkyl halides is 3. The highest BCUT2D eigenvalue weighted by Gasteiger charge is 2.31. The molecule has 0 aliphatic carbocycles. The van der Waals surface area contributed by atoms with Gasteiger partial charge in [0, 0.05) is 0 Å². The highest BCUT2D eigenvalue weighted by molar-refractivity contribution is 14.1. The Morgan fingerprint density at radius 3 is 2.33 bits per heavy atom. The molecule has 2 rings (SSSR count). The average molecular weight is 407 g/mol. The molecule has 0 radical (unpaired) electrons. The number of primary amides is 1. The van der Waals surface area contributed by atoms with Crippen LogP contribution < -0.4 is 10.5 Å². The van der Waals surface area contributed by atoms with E-state index in [0.29, 0.717) is 11.8 Å². The van der Waals surface area contributed by atoms with Crippen LogP contribution in [0.4, 0.5) is 13.2 Å². The molecule has 1 amide bonds. The molecule has 7 heteroatoms. The van der Waals surface area contributed by atoms with Crippen LogP contribution in [-0.4, -0.2) is 5.91 Å². The van der Waals surface area contributed by atoms with E-state index >= 15 is 0 Å². The van der Waals surface area contributed by atoms with E-state index < -0.39 is 17.6 Å². The van der Waals surface area contributed by atoms with E-state index in [9.17, 15) is 18.0 Å². The molecule has 2 aromatic carbocycles. The van der Waals surface area contributed by atoms with Crippen molar-refractivity contribution in [2.75, 3.05) is 0 Å². The van der Waals surface area contributed by atoms with Gasteiger partial charge in [-0.2, -0.15) is 13.2 Å². The molecule has 2 N–H and O–H groups in total. The Bertz CT molecular complexity index is 686. The van der Waals surface area contributed by atoms with E-state index in [0.717, 1.165) is 15.7 Å². The van der Waals surface area contributed by atoms with Crippen molar-refractivity contribution in [3.63, 3.8) is 0 Å². The summed E-state index contributed by atoms with van der Waals surface area (Å²) >= 11 is 2.01. The zero-order valence-corrected chi connectivity index (χ0v) is 12.6. The molecule has 21 heavy (non-hydrogen) atoms. The lowest BCUT2D eigenvalue weighted by Crippen LogP contribution is -2.15. The predicted octanol–water partition coefficient (Wildman–Crippen LogP) is 4.20. The first-order valence-corrected chi connectivity index (χ1v) is 6.80. The summed E-state index contributed by atoms with van der Waals surface area (Å²) in [4.78, 5) is 11.3. The van der Waals surface area contributed by atoms with Gasteiger partial charge in [-0.05, 0) is 52.9 Å². The number of hydrogen-bond acceptors (Lipinski definition) is 2. The summed E-state index contributed by atoms with van der Waals surface area (Å²) < 4.78 is 44.2. The quantitative estimate of drug-likeness (QED) is 0.776. The Morgan fingerprint density at radius 2 is 1.76 bits per heavy atom.